The molecule has 0 saturated carbocycles. The Morgan fingerprint density at radius 1 is 0.923 bits per heavy atom. The SMILES string of the molecule is COC(=O)c1ccc2c(c1)N(C(C)=O)C(=O)C2=C(OC)c1ccccc1. The molecule has 0 bridgehead atoms. The molecular weight excluding hydrogens is 334 g/mol. The number of benzene rings is 2. The lowest BCUT2D eigenvalue weighted by atomic mass is 10.0. The Morgan fingerprint density at radius 3 is 2.19 bits per heavy atom. The van der Waals surface area contributed by atoms with E-state index >= 15 is 0 Å². The van der Waals surface area contributed by atoms with Crippen LogP contribution in [0.5, 0.6) is 0 Å². The number of hydrogen-bond acceptors (Lipinski definition) is 5. The molecule has 1 aliphatic heterocycles. The Balaban J connectivity index is 2.27. The monoisotopic (exact) mass is 351 g/mol. The van der Waals surface area contributed by atoms with Gasteiger partial charge < -0.3 is 9.47 Å². The highest BCUT2D eigenvalue weighted by Gasteiger charge is 2.38. The first kappa shape index (κ1) is 17.4. The van der Waals surface area contributed by atoms with Crippen LogP contribution in [0, 0.1) is 0 Å². The van der Waals surface area contributed by atoms with Gasteiger partial charge in [0.1, 0.15) is 5.76 Å². The van der Waals surface area contributed by atoms with Crippen molar-refractivity contribution in [3.63, 3.8) is 0 Å². The van der Waals surface area contributed by atoms with Crippen molar-refractivity contribution >= 4 is 34.8 Å². The number of nitrogens with zero attached hydrogens (tertiary/aromatic N) is 1. The molecular formula is C20H17NO5. The summed E-state index contributed by atoms with van der Waals surface area (Å²) in [6.45, 7) is 1.30. The van der Waals surface area contributed by atoms with E-state index in [4.69, 9.17) is 9.47 Å². The second-order valence-electron chi connectivity index (χ2n) is 5.66. The number of carbonyl (C=O) groups is 3. The molecule has 0 radical (unpaired) electrons. The van der Waals surface area contributed by atoms with Gasteiger partial charge in [-0.2, -0.15) is 0 Å². The van der Waals surface area contributed by atoms with Gasteiger partial charge in [0.2, 0.25) is 5.91 Å². The van der Waals surface area contributed by atoms with Crippen LogP contribution in [0.15, 0.2) is 48.5 Å². The second-order valence-corrected chi connectivity index (χ2v) is 5.66. The third-order valence-corrected chi connectivity index (χ3v) is 4.13. The minimum absolute atomic E-state index is 0.255. The number of imide groups is 1. The van der Waals surface area contributed by atoms with Crippen LogP contribution >= 0.6 is 0 Å². The second kappa shape index (κ2) is 6.84. The fraction of sp³-hybridized carbons (Fsp3) is 0.150. The molecule has 2 aromatic rings. The average Bonchev–Trinajstić information content (AvgIpc) is 2.94. The summed E-state index contributed by atoms with van der Waals surface area (Å²) >= 11 is 0. The fourth-order valence-electron chi connectivity index (χ4n) is 3.00. The van der Waals surface area contributed by atoms with Crippen LogP contribution in [-0.4, -0.2) is 32.0 Å². The fourth-order valence-corrected chi connectivity index (χ4v) is 3.00. The van der Waals surface area contributed by atoms with E-state index < -0.39 is 17.8 Å². The molecule has 2 amide bonds. The maximum absolute atomic E-state index is 13.0. The highest BCUT2D eigenvalue weighted by atomic mass is 16.5. The third-order valence-electron chi connectivity index (χ3n) is 4.13. The Kier molecular flexibility index (Phi) is 4.58. The van der Waals surface area contributed by atoms with Crippen molar-refractivity contribution in [2.24, 2.45) is 0 Å². The van der Waals surface area contributed by atoms with E-state index in [2.05, 4.69) is 0 Å². The van der Waals surface area contributed by atoms with Gasteiger partial charge in [-0.25, -0.2) is 9.69 Å². The minimum Gasteiger partial charge on any atom is -0.495 e. The summed E-state index contributed by atoms with van der Waals surface area (Å²) in [5, 5.41) is 0. The largest absolute Gasteiger partial charge is 0.495 e. The summed E-state index contributed by atoms with van der Waals surface area (Å²) in [5.74, 6) is -1.12. The number of amides is 2. The number of esters is 1. The highest BCUT2D eigenvalue weighted by molar-refractivity contribution is 6.43. The van der Waals surface area contributed by atoms with Gasteiger partial charge in [-0.1, -0.05) is 36.4 Å². The van der Waals surface area contributed by atoms with Gasteiger partial charge in [0.15, 0.2) is 0 Å². The zero-order valence-electron chi connectivity index (χ0n) is 14.6. The summed E-state index contributed by atoms with van der Waals surface area (Å²) in [6.07, 6.45) is 0. The summed E-state index contributed by atoms with van der Waals surface area (Å²) in [7, 11) is 2.74. The van der Waals surface area contributed by atoms with Crippen molar-refractivity contribution in [1.82, 2.24) is 0 Å². The number of methoxy groups -OCH3 is 2. The normalized spacial score (nSPS) is 14.7. The van der Waals surface area contributed by atoms with Gasteiger partial charge >= 0.3 is 5.97 Å². The average molecular weight is 351 g/mol. The third kappa shape index (κ3) is 2.75. The maximum atomic E-state index is 13.0. The molecule has 0 aliphatic carbocycles. The lowest BCUT2D eigenvalue weighted by molar-refractivity contribution is -0.122. The summed E-state index contributed by atoms with van der Waals surface area (Å²) in [6, 6.07) is 13.8. The molecule has 1 aliphatic rings. The number of ether oxygens (including phenoxy) is 2. The number of anilines is 1. The van der Waals surface area contributed by atoms with Crippen molar-refractivity contribution < 1.29 is 23.9 Å². The van der Waals surface area contributed by atoms with Crippen LogP contribution in [0.25, 0.3) is 11.3 Å². The van der Waals surface area contributed by atoms with E-state index in [0.29, 0.717) is 22.6 Å². The number of rotatable bonds is 3. The standard InChI is InChI=1S/C20H17NO5/c1-12(22)21-16-11-14(20(24)26-3)9-10-15(16)17(19(21)23)18(25-2)13-7-5-4-6-8-13/h4-11H,1-3H3. The van der Waals surface area contributed by atoms with E-state index in [1.54, 1.807) is 12.1 Å². The molecule has 0 aromatic heterocycles. The molecule has 2 aromatic carbocycles. The molecule has 0 saturated heterocycles. The Labute approximate surface area is 150 Å². The summed E-state index contributed by atoms with van der Waals surface area (Å²) in [5.41, 5.74) is 2.11. The molecule has 132 valence electrons. The first-order valence-electron chi connectivity index (χ1n) is 7.91. The smallest absolute Gasteiger partial charge is 0.337 e. The van der Waals surface area contributed by atoms with Crippen molar-refractivity contribution in [2.75, 3.05) is 19.1 Å². The van der Waals surface area contributed by atoms with Crippen LogP contribution in [0.2, 0.25) is 0 Å². The van der Waals surface area contributed by atoms with Crippen LogP contribution in [0.3, 0.4) is 0 Å². The van der Waals surface area contributed by atoms with E-state index in [1.807, 2.05) is 30.3 Å². The number of carbonyl (C=O) groups excluding carboxylic acids is 3. The van der Waals surface area contributed by atoms with Crippen molar-refractivity contribution in [3.8, 4) is 0 Å². The molecule has 0 spiro atoms. The van der Waals surface area contributed by atoms with Crippen molar-refractivity contribution in [2.45, 2.75) is 6.92 Å². The van der Waals surface area contributed by atoms with Crippen molar-refractivity contribution in [3.05, 3.63) is 65.2 Å². The van der Waals surface area contributed by atoms with Gasteiger partial charge in [-0.3, -0.25) is 9.59 Å². The zero-order chi connectivity index (χ0) is 18.8. The molecule has 6 heteroatoms. The molecule has 6 nitrogen and oxygen atoms in total. The van der Waals surface area contributed by atoms with E-state index in [-0.39, 0.29) is 11.1 Å². The molecule has 0 unspecified atom stereocenters. The molecule has 26 heavy (non-hydrogen) atoms. The van der Waals surface area contributed by atoms with Crippen LogP contribution < -0.4 is 4.90 Å². The Hall–Kier alpha value is -3.41. The van der Waals surface area contributed by atoms with Crippen LogP contribution in [0.1, 0.15) is 28.4 Å². The van der Waals surface area contributed by atoms with Crippen molar-refractivity contribution in [1.29, 1.82) is 0 Å². The minimum atomic E-state index is -0.545. The zero-order valence-corrected chi connectivity index (χ0v) is 14.6. The number of hydrogen-bond donors (Lipinski definition) is 0. The highest BCUT2D eigenvalue weighted by Crippen LogP contribution is 2.41. The lowest BCUT2D eigenvalue weighted by Crippen LogP contribution is -2.31. The quantitative estimate of drug-likeness (QED) is 0.483. The maximum Gasteiger partial charge on any atom is 0.337 e. The predicted molar refractivity (Wildman–Crippen MR) is 96.2 cm³/mol. The van der Waals surface area contributed by atoms with Gasteiger partial charge in [0.05, 0.1) is 31.0 Å². The lowest BCUT2D eigenvalue weighted by Gasteiger charge is -2.13. The molecule has 1 heterocycles. The number of fused-ring (bicyclic) bond motifs is 1. The van der Waals surface area contributed by atoms with E-state index in [0.717, 1.165) is 4.90 Å². The van der Waals surface area contributed by atoms with Gasteiger partial charge in [0, 0.05) is 18.1 Å². The molecule has 3 rings (SSSR count). The van der Waals surface area contributed by atoms with Crippen LogP contribution in [0.4, 0.5) is 5.69 Å². The Morgan fingerprint density at radius 2 is 1.62 bits per heavy atom. The topological polar surface area (TPSA) is 72.9 Å². The van der Waals surface area contributed by atoms with Crippen LogP contribution in [-0.2, 0) is 19.1 Å². The molecule has 0 atom stereocenters. The van der Waals surface area contributed by atoms with Gasteiger partial charge in [-0.15, -0.1) is 0 Å². The summed E-state index contributed by atoms with van der Waals surface area (Å²) < 4.78 is 10.2. The molecule has 0 N–H and O–H groups in total. The first-order chi connectivity index (χ1) is 12.5. The first-order valence-corrected chi connectivity index (χ1v) is 7.91. The van der Waals surface area contributed by atoms with Gasteiger partial charge in [-0.05, 0) is 12.1 Å². The van der Waals surface area contributed by atoms with Gasteiger partial charge in [0.25, 0.3) is 5.91 Å². The molecule has 0 fully saturated rings. The predicted octanol–water partition coefficient (Wildman–Crippen LogP) is 2.88. The van der Waals surface area contributed by atoms with E-state index in [9.17, 15) is 14.4 Å². The summed E-state index contributed by atoms with van der Waals surface area (Å²) in [4.78, 5) is 37.9. The Bertz CT molecular complexity index is 930. The van der Waals surface area contributed by atoms with E-state index in [1.165, 1.54) is 27.2 Å².